The molecule has 0 spiro atoms. The van der Waals surface area contributed by atoms with Crippen LogP contribution in [-0.4, -0.2) is 26.4 Å². The van der Waals surface area contributed by atoms with Crippen LogP contribution in [0.1, 0.15) is 37.6 Å². The molecule has 0 aromatic carbocycles. The summed E-state index contributed by atoms with van der Waals surface area (Å²) < 4.78 is 2.20. The minimum atomic E-state index is 0.674. The Labute approximate surface area is 125 Å². The van der Waals surface area contributed by atoms with Crippen molar-refractivity contribution < 1.29 is 0 Å². The van der Waals surface area contributed by atoms with Gasteiger partial charge in [-0.25, -0.2) is 4.98 Å². The highest BCUT2D eigenvalue weighted by molar-refractivity contribution is 7.99. The van der Waals surface area contributed by atoms with Gasteiger partial charge in [0.05, 0.1) is 11.4 Å². The first kappa shape index (κ1) is 14.0. The van der Waals surface area contributed by atoms with Crippen molar-refractivity contribution in [3.8, 4) is 0 Å². The number of fused-ring (bicyclic) bond motifs is 1. The maximum absolute atomic E-state index is 4.62. The van der Waals surface area contributed by atoms with E-state index in [0.717, 1.165) is 23.1 Å². The van der Waals surface area contributed by atoms with Crippen LogP contribution in [0, 0.1) is 6.92 Å². The summed E-state index contributed by atoms with van der Waals surface area (Å²) in [5.74, 6) is 1.24. The third-order valence-electron chi connectivity index (χ3n) is 4.17. The zero-order valence-corrected chi connectivity index (χ0v) is 13.1. The van der Waals surface area contributed by atoms with Crippen molar-refractivity contribution in [1.82, 2.24) is 14.7 Å². The van der Waals surface area contributed by atoms with E-state index >= 15 is 0 Å². The van der Waals surface area contributed by atoms with Gasteiger partial charge in [-0.05, 0) is 44.1 Å². The molecule has 3 nitrogen and oxygen atoms in total. The number of thioether (sulfide) groups is 1. The van der Waals surface area contributed by atoms with Gasteiger partial charge in [-0.2, -0.15) is 11.8 Å². The Kier molecular flexibility index (Phi) is 4.32. The summed E-state index contributed by atoms with van der Waals surface area (Å²) in [6.07, 6.45) is 6.10. The third-order valence-corrected chi connectivity index (χ3v) is 5.41. The van der Waals surface area contributed by atoms with E-state index in [4.69, 9.17) is 0 Å². The fraction of sp³-hybridized carbons (Fsp3) is 0.562. The first-order chi connectivity index (χ1) is 9.78. The van der Waals surface area contributed by atoms with Crippen molar-refractivity contribution in [2.45, 2.75) is 50.9 Å². The number of imidazole rings is 1. The van der Waals surface area contributed by atoms with Crippen molar-refractivity contribution in [2.75, 3.05) is 5.75 Å². The molecule has 2 aromatic heterocycles. The Hall–Kier alpha value is -1.00. The number of nitrogens with zero attached hydrogens (tertiary/aromatic N) is 2. The topological polar surface area (TPSA) is 29.3 Å². The van der Waals surface area contributed by atoms with E-state index in [1.165, 1.54) is 30.7 Å². The second kappa shape index (κ2) is 6.19. The molecule has 0 radical (unpaired) electrons. The summed E-state index contributed by atoms with van der Waals surface area (Å²) in [7, 11) is 0. The maximum Gasteiger partial charge on any atom is 0.137 e. The van der Waals surface area contributed by atoms with Crippen LogP contribution >= 0.6 is 11.8 Å². The van der Waals surface area contributed by atoms with Crippen molar-refractivity contribution in [3.63, 3.8) is 0 Å². The van der Waals surface area contributed by atoms with Gasteiger partial charge >= 0.3 is 0 Å². The van der Waals surface area contributed by atoms with Crippen LogP contribution in [0.3, 0.4) is 0 Å². The lowest BCUT2D eigenvalue weighted by molar-refractivity contribution is 0.518. The number of hydrogen-bond acceptors (Lipinski definition) is 3. The summed E-state index contributed by atoms with van der Waals surface area (Å²) in [6.45, 7) is 5.28. The molecule has 3 rings (SSSR count). The predicted molar refractivity (Wildman–Crippen MR) is 86.3 cm³/mol. The first-order valence-electron chi connectivity index (χ1n) is 7.55. The molecule has 2 atom stereocenters. The molecule has 1 N–H and O–H groups in total. The van der Waals surface area contributed by atoms with Crippen LogP contribution in [0.25, 0.3) is 5.65 Å². The smallest absolute Gasteiger partial charge is 0.137 e. The number of hydrogen-bond donors (Lipinski definition) is 1. The first-order valence-corrected chi connectivity index (χ1v) is 8.60. The van der Waals surface area contributed by atoms with Gasteiger partial charge in [0.25, 0.3) is 0 Å². The molecule has 1 saturated carbocycles. The average molecular weight is 289 g/mol. The lowest BCUT2D eigenvalue weighted by Gasteiger charge is -2.13. The fourth-order valence-corrected chi connectivity index (χ4v) is 4.27. The number of nitrogens with one attached hydrogen (secondary N) is 1. The molecular weight excluding hydrogens is 266 g/mol. The number of aromatic nitrogens is 2. The highest BCUT2D eigenvalue weighted by atomic mass is 32.2. The number of rotatable bonds is 5. The van der Waals surface area contributed by atoms with Crippen molar-refractivity contribution in [1.29, 1.82) is 0 Å². The number of pyridine rings is 1. The van der Waals surface area contributed by atoms with E-state index < -0.39 is 0 Å². The van der Waals surface area contributed by atoms with E-state index in [2.05, 4.69) is 58.6 Å². The van der Waals surface area contributed by atoms with Gasteiger partial charge in [0.15, 0.2) is 0 Å². The molecule has 2 unspecified atom stereocenters. The van der Waals surface area contributed by atoms with E-state index in [-0.39, 0.29) is 0 Å². The molecule has 0 bridgehead atoms. The highest BCUT2D eigenvalue weighted by Gasteiger charge is 2.24. The summed E-state index contributed by atoms with van der Waals surface area (Å²) in [5, 5.41) is 4.59. The van der Waals surface area contributed by atoms with Gasteiger partial charge in [-0.3, -0.25) is 0 Å². The van der Waals surface area contributed by atoms with Crippen LogP contribution < -0.4 is 5.32 Å². The molecule has 4 heteroatoms. The molecule has 20 heavy (non-hydrogen) atoms. The molecule has 2 heterocycles. The van der Waals surface area contributed by atoms with Gasteiger partial charge in [0.2, 0.25) is 0 Å². The van der Waals surface area contributed by atoms with E-state index in [1.807, 2.05) is 6.07 Å². The van der Waals surface area contributed by atoms with Crippen molar-refractivity contribution >= 4 is 17.4 Å². The summed E-state index contributed by atoms with van der Waals surface area (Å²) in [6, 6.07) is 6.86. The number of aryl methyl sites for hydroxylation is 1. The van der Waals surface area contributed by atoms with Gasteiger partial charge in [-0.1, -0.05) is 13.0 Å². The molecule has 108 valence electrons. The predicted octanol–water partition coefficient (Wildman–Crippen LogP) is 3.41. The lowest BCUT2D eigenvalue weighted by Crippen LogP contribution is -2.27. The maximum atomic E-state index is 4.62. The van der Waals surface area contributed by atoms with Crippen molar-refractivity contribution in [3.05, 3.63) is 35.8 Å². The van der Waals surface area contributed by atoms with E-state index in [9.17, 15) is 0 Å². The van der Waals surface area contributed by atoms with E-state index in [1.54, 1.807) is 0 Å². The fourth-order valence-electron chi connectivity index (χ4n) is 3.13. The minimum Gasteiger partial charge on any atom is -0.308 e. The van der Waals surface area contributed by atoms with Crippen LogP contribution in [-0.2, 0) is 6.54 Å². The standard InChI is InChI=1S/C16H23N3S/c1-3-20-14-8-7-13(10-14)17-11-15-12(2)18-16-6-4-5-9-19(15)16/h4-6,9,13-14,17H,3,7-8,10-11H2,1-2H3. The monoisotopic (exact) mass is 289 g/mol. The largest absolute Gasteiger partial charge is 0.308 e. The van der Waals surface area contributed by atoms with Crippen LogP contribution in [0.2, 0.25) is 0 Å². The van der Waals surface area contributed by atoms with Gasteiger partial charge in [-0.15, -0.1) is 0 Å². The molecular formula is C16H23N3S. The van der Waals surface area contributed by atoms with Crippen molar-refractivity contribution in [2.24, 2.45) is 0 Å². The quantitative estimate of drug-likeness (QED) is 0.914. The summed E-state index contributed by atoms with van der Waals surface area (Å²) in [5.41, 5.74) is 3.49. The Balaban J connectivity index is 1.64. The van der Waals surface area contributed by atoms with Crippen LogP contribution in [0.5, 0.6) is 0 Å². The lowest BCUT2D eigenvalue weighted by atomic mass is 10.2. The molecule has 1 aliphatic carbocycles. The average Bonchev–Trinajstić information content (AvgIpc) is 3.01. The Morgan fingerprint density at radius 3 is 3.15 bits per heavy atom. The molecule has 0 amide bonds. The SMILES string of the molecule is CCSC1CCC(NCc2c(C)nc3ccccn23)C1. The highest BCUT2D eigenvalue weighted by Crippen LogP contribution is 2.29. The zero-order valence-electron chi connectivity index (χ0n) is 12.3. The Morgan fingerprint density at radius 2 is 2.30 bits per heavy atom. The van der Waals surface area contributed by atoms with Gasteiger partial charge in [0.1, 0.15) is 5.65 Å². The van der Waals surface area contributed by atoms with Crippen LogP contribution in [0.4, 0.5) is 0 Å². The molecule has 0 saturated heterocycles. The third kappa shape index (κ3) is 2.86. The molecule has 0 aliphatic heterocycles. The van der Waals surface area contributed by atoms with Gasteiger partial charge in [0, 0.05) is 24.0 Å². The Morgan fingerprint density at radius 1 is 1.40 bits per heavy atom. The van der Waals surface area contributed by atoms with E-state index in [0.29, 0.717) is 6.04 Å². The second-order valence-corrected chi connectivity index (χ2v) is 7.12. The summed E-state index contributed by atoms with van der Waals surface area (Å²) in [4.78, 5) is 4.62. The molecule has 2 aromatic rings. The van der Waals surface area contributed by atoms with Crippen LogP contribution in [0.15, 0.2) is 24.4 Å². The second-order valence-electron chi connectivity index (χ2n) is 5.54. The molecule has 1 aliphatic rings. The zero-order chi connectivity index (χ0) is 13.9. The normalized spacial score (nSPS) is 22.7. The van der Waals surface area contributed by atoms with Gasteiger partial charge < -0.3 is 9.72 Å². The Bertz CT molecular complexity index is 578. The minimum absolute atomic E-state index is 0.674. The summed E-state index contributed by atoms with van der Waals surface area (Å²) >= 11 is 2.11. The molecule has 1 fully saturated rings.